The average molecular weight is 238 g/mol. The molecular formula is C14H22O3. The third-order valence-corrected chi connectivity index (χ3v) is 2.45. The van der Waals surface area contributed by atoms with Gasteiger partial charge in [0.25, 0.3) is 0 Å². The van der Waals surface area contributed by atoms with E-state index in [4.69, 9.17) is 9.47 Å². The molecule has 96 valence electrons. The predicted molar refractivity (Wildman–Crippen MR) is 68.3 cm³/mol. The van der Waals surface area contributed by atoms with Crippen molar-refractivity contribution in [2.75, 3.05) is 13.2 Å². The van der Waals surface area contributed by atoms with Gasteiger partial charge in [-0.25, -0.2) is 0 Å². The number of aliphatic hydroxyl groups excluding tert-OH is 1. The molecule has 1 aromatic rings. The van der Waals surface area contributed by atoms with Gasteiger partial charge in [-0.05, 0) is 38.0 Å². The van der Waals surface area contributed by atoms with E-state index >= 15 is 0 Å². The van der Waals surface area contributed by atoms with Gasteiger partial charge in [0, 0.05) is 0 Å². The third kappa shape index (κ3) is 5.20. The highest BCUT2D eigenvalue weighted by Crippen LogP contribution is 2.19. The monoisotopic (exact) mass is 238 g/mol. The fourth-order valence-electron chi connectivity index (χ4n) is 1.47. The Morgan fingerprint density at radius 3 is 2.29 bits per heavy atom. The van der Waals surface area contributed by atoms with Gasteiger partial charge in [-0.15, -0.1) is 0 Å². The van der Waals surface area contributed by atoms with Crippen LogP contribution in [0.1, 0.15) is 38.9 Å². The number of hydrogen-bond donors (Lipinski definition) is 1. The van der Waals surface area contributed by atoms with Crippen LogP contribution >= 0.6 is 0 Å². The lowest BCUT2D eigenvalue weighted by molar-refractivity contribution is 0.0552. The van der Waals surface area contributed by atoms with Crippen molar-refractivity contribution in [2.24, 2.45) is 0 Å². The van der Waals surface area contributed by atoms with Gasteiger partial charge >= 0.3 is 0 Å². The summed E-state index contributed by atoms with van der Waals surface area (Å²) in [4.78, 5) is 0. The molecule has 0 spiro atoms. The Bertz CT molecular complexity index is 306. The van der Waals surface area contributed by atoms with Gasteiger partial charge in [-0.1, -0.05) is 19.1 Å². The van der Waals surface area contributed by atoms with Crippen LogP contribution in [0.3, 0.4) is 0 Å². The van der Waals surface area contributed by atoms with E-state index in [1.54, 1.807) is 0 Å². The molecule has 1 rings (SSSR count). The van der Waals surface area contributed by atoms with Crippen molar-refractivity contribution in [1.82, 2.24) is 0 Å². The lowest BCUT2D eigenvalue weighted by Gasteiger charge is -2.11. The Labute approximate surface area is 103 Å². The molecule has 17 heavy (non-hydrogen) atoms. The maximum absolute atomic E-state index is 9.63. The minimum absolute atomic E-state index is 0.237. The Morgan fingerprint density at radius 2 is 1.76 bits per heavy atom. The Kier molecular flexibility index (Phi) is 6.01. The fourth-order valence-corrected chi connectivity index (χ4v) is 1.47. The van der Waals surface area contributed by atoms with Crippen molar-refractivity contribution in [3.63, 3.8) is 0 Å². The van der Waals surface area contributed by atoms with Crippen molar-refractivity contribution in [1.29, 1.82) is 0 Å². The van der Waals surface area contributed by atoms with E-state index in [0.29, 0.717) is 13.2 Å². The second kappa shape index (κ2) is 7.30. The van der Waals surface area contributed by atoms with Gasteiger partial charge in [0.15, 0.2) is 0 Å². The first kappa shape index (κ1) is 14.0. The van der Waals surface area contributed by atoms with Crippen molar-refractivity contribution in [2.45, 2.75) is 39.4 Å². The zero-order chi connectivity index (χ0) is 12.7. The minimum Gasteiger partial charge on any atom is -0.491 e. The average Bonchev–Trinajstić information content (AvgIpc) is 2.34. The normalized spacial score (nSPS) is 12.8. The number of benzene rings is 1. The highest BCUT2D eigenvalue weighted by atomic mass is 16.5. The molecule has 0 saturated heterocycles. The molecule has 0 bridgehead atoms. The van der Waals surface area contributed by atoms with E-state index in [9.17, 15) is 5.11 Å². The summed E-state index contributed by atoms with van der Waals surface area (Å²) in [6.07, 6.45) is 0.580. The molecule has 0 aliphatic carbocycles. The molecule has 0 heterocycles. The van der Waals surface area contributed by atoms with E-state index in [-0.39, 0.29) is 12.2 Å². The first-order valence-corrected chi connectivity index (χ1v) is 6.16. The maximum Gasteiger partial charge on any atom is 0.119 e. The van der Waals surface area contributed by atoms with Crippen LogP contribution < -0.4 is 4.74 Å². The summed E-state index contributed by atoms with van der Waals surface area (Å²) in [7, 11) is 0. The van der Waals surface area contributed by atoms with Crippen LogP contribution in [0, 0.1) is 0 Å². The van der Waals surface area contributed by atoms with Gasteiger partial charge in [-0.2, -0.15) is 0 Å². The number of hydrogen-bond acceptors (Lipinski definition) is 3. The Balaban J connectivity index is 2.35. The Hall–Kier alpha value is -1.06. The predicted octanol–water partition coefficient (Wildman–Crippen LogP) is 2.93. The molecule has 1 unspecified atom stereocenters. The summed E-state index contributed by atoms with van der Waals surface area (Å²) in [5, 5.41) is 9.63. The molecule has 3 nitrogen and oxygen atoms in total. The van der Waals surface area contributed by atoms with E-state index in [1.807, 2.05) is 45.0 Å². The molecular weight excluding hydrogens is 216 g/mol. The van der Waals surface area contributed by atoms with Crippen LogP contribution in [0.2, 0.25) is 0 Å². The number of rotatable bonds is 7. The van der Waals surface area contributed by atoms with Crippen molar-refractivity contribution in [3.8, 4) is 5.75 Å². The molecule has 1 aromatic carbocycles. The van der Waals surface area contributed by atoms with E-state index in [0.717, 1.165) is 17.7 Å². The molecule has 0 aliphatic heterocycles. The molecule has 3 heteroatoms. The third-order valence-electron chi connectivity index (χ3n) is 2.45. The van der Waals surface area contributed by atoms with Crippen LogP contribution in [0.5, 0.6) is 5.75 Å². The standard InChI is InChI=1S/C14H22O3/c1-4-14(15)12-5-7-13(8-6-12)17-10-9-16-11(2)3/h5-8,11,14-15H,4,9-10H2,1-3H3. The maximum atomic E-state index is 9.63. The first-order valence-electron chi connectivity index (χ1n) is 6.16. The number of aliphatic hydroxyl groups is 1. The second-order valence-corrected chi connectivity index (χ2v) is 4.26. The topological polar surface area (TPSA) is 38.7 Å². The van der Waals surface area contributed by atoms with Crippen molar-refractivity contribution < 1.29 is 14.6 Å². The fraction of sp³-hybridized carbons (Fsp3) is 0.571. The molecule has 0 aliphatic rings. The van der Waals surface area contributed by atoms with Crippen LogP contribution in [0.25, 0.3) is 0 Å². The van der Waals surface area contributed by atoms with Gasteiger partial charge < -0.3 is 14.6 Å². The summed E-state index contributed by atoms with van der Waals surface area (Å²) >= 11 is 0. The Morgan fingerprint density at radius 1 is 1.12 bits per heavy atom. The second-order valence-electron chi connectivity index (χ2n) is 4.26. The number of ether oxygens (including phenoxy) is 2. The van der Waals surface area contributed by atoms with Gasteiger partial charge in [0.1, 0.15) is 12.4 Å². The highest BCUT2D eigenvalue weighted by molar-refractivity contribution is 5.28. The molecule has 0 aromatic heterocycles. The van der Waals surface area contributed by atoms with Gasteiger partial charge in [0.2, 0.25) is 0 Å². The van der Waals surface area contributed by atoms with E-state index < -0.39 is 0 Å². The van der Waals surface area contributed by atoms with Crippen LogP contribution in [-0.2, 0) is 4.74 Å². The summed E-state index contributed by atoms with van der Waals surface area (Å²) < 4.78 is 10.9. The lowest BCUT2D eigenvalue weighted by Crippen LogP contribution is -2.11. The SMILES string of the molecule is CCC(O)c1ccc(OCCOC(C)C)cc1. The van der Waals surface area contributed by atoms with Crippen LogP contribution in [-0.4, -0.2) is 24.4 Å². The van der Waals surface area contributed by atoms with Crippen LogP contribution in [0.4, 0.5) is 0 Å². The first-order chi connectivity index (χ1) is 8.13. The summed E-state index contributed by atoms with van der Waals surface area (Å²) in [5.74, 6) is 0.810. The van der Waals surface area contributed by atoms with Crippen LogP contribution in [0.15, 0.2) is 24.3 Å². The zero-order valence-electron chi connectivity index (χ0n) is 10.8. The van der Waals surface area contributed by atoms with E-state index in [2.05, 4.69) is 0 Å². The molecule has 0 radical (unpaired) electrons. The minimum atomic E-state index is -0.381. The summed E-state index contributed by atoms with van der Waals surface area (Å²) in [5.41, 5.74) is 0.929. The quantitative estimate of drug-likeness (QED) is 0.742. The largest absolute Gasteiger partial charge is 0.491 e. The zero-order valence-corrected chi connectivity index (χ0v) is 10.8. The molecule has 0 fully saturated rings. The smallest absolute Gasteiger partial charge is 0.119 e. The van der Waals surface area contributed by atoms with Crippen molar-refractivity contribution >= 4 is 0 Å². The molecule has 0 amide bonds. The molecule has 1 atom stereocenters. The van der Waals surface area contributed by atoms with Crippen molar-refractivity contribution in [3.05, 3.63) is 29.8 Å². The van der Waals surface area contributed by atoms with Gasteiger partial charge in [0.05, 0.1) is 18.8 Å². The molecule has 1 N–H and O–H groups in total. The summed E-state index contributed by atoms with van der Waals surface area (Å²) in [6, 6.07) is 7.55. The summed E-state index contributed by atoms with van der Waals surface area (Å²) in [6.45, 7) is 7.10. The van der Waals surface area contributed by atoms with Gasteiger partial charge in [-0.3, -0.25) is 0 Å². The molecule has 0 saturated carbocycles. The highest BCUT2D eigenvalue weighted by Gasteiger charge is 2.04. The van der Waals surface area contributed by atoms with E-state index in [1.165, 1.54) is 0 Å². The lowest BCUT2D eigenvalue weighted by atomic mass is 10.1.